The maximum absolute atomic E-state index is 11.4. The van der Waals surface area contributed by atoms with Crippen molar-refractivity contribution in [3.05, 3.63) is 35.4 Å². The Morgan fingerprint density at radius 2 is 1.84 bits per heavy atom. The monoisotopic (exact) mass is 261 g/mol. The van der Waals surface area contributed by atoms with E-state index in [0.717, 1.165) is 6.54 Å². The fourth-order valence-electron chi connectivity index (χ4n) is 2.54. The quantitative estimate of drug-likeness (QED) is 0.795. The molecule has 0 radical (unpaired) electrons. The van der Waals surface area contributed by atoms with Crippen molar-refractivity contribution in [1.82, 2.24) is 0 Å². The molecule has 0 spiro atoms. The second-order valence-electron chi connectivity index (χ2n) is 6.05. The van der Waals surface area contributed by atoms with Crippen LogP contribution < -0.4 is 10.6 Å². The minimum Gasteiger partial charge on any atom is -0.365 e. The molecular weight excluding hydrogens is 236 g/mol. The lowest BCUT2D eigenvalue weighted by Gasteiger charge is -2.24. The van der Waals surface area contributed by atoms with Crippen molar-refractivity contribution in [2.24, 2.45) is 5.73 Å². The lowest BCUT2D eigenvalue weighted by molar-refractivity contribution is -0.938. The standard InChI is InChI=1S/C16H24N2O/c1-11(2)14-6-4-13(5-7-14)10-18(15-8-9-15)12(3)16(17)19/h4-7,11-12,15H,8-10H2,1-3H3,(H2,17,19)/p+1/t12-/m1/s1. The van der Waals surface area contributed by atoms with Gasteiger partial charge in [-0.05, 0) is 18.4 Å². The van der Waals surface area contributed by atoms with Crippen molar-refractivity contribution >= 4 is 5.91 Å². The first-order valence-corrected chi connectivity index (χ1v) is 7.22. The molecule has 2 atom stereocenters. The number of benzene rings is 1. The number of nitrogens with one attached hydrogen (secondary N) is 1. The summed E-state index contributed by atoms with van der Waals surface area (Å²) in [5, 5.41) is 0. The summed E-state index contributed by atoms with van der Waals surface area (Å²) in [7, 11) is 0. The molecule has 3 heteroatoms. The smallest absolute Gasteiger partial charge is 0.275 e. The third kappa shape index (κ3) is 3.57. The van der Waals surface area contributed by atoms with Crippen LogP contribution in [0.25, 0.3) is 0 Å². The number of hydrogen-bond donors (Lipinski definition) is 2. The van der Waals surface area contributed by atoms with Crippen LogP contribution in [-0.2, 0) is 11.3 Å². The van der Waals surface area contributed by atoms with Gasteiger partial charge in [0.25, 0.3) is 5.91 Å². The molecule has 0 bridgehead atoms. The van der Waals surface area contributed by atoms with Crippen molar-refractivity contribution < 1.29 is 9.69 Å². The summed E-state index contributed by atoms with van der Waals surface area (Å²) < 4.78 is 0. The van der Waals surface area contributed by atoms with Crippen LogP contribution in [0.1, 0.15) is 50.7 Å². The summed E-state index contributed by atoms with van der Waals surface area (Å²) in [6.45, 7) is 7.24. The van der Waals surface area contributed by atoms with E-state index in [-0.39, 0.29) is 11.9 Å². The first-order valence-electron chi connectivity index (χ1n) is 7.22. The van der Waals surface area contributed by atoms with E-state index >= 15 is 0 Å². The molecule has 3 N–H and O–H groups in total. The zero-order valence-corrected chi connectivity index (χ0v) is 12.1. The highest BCUT2D eigenvalue weighted by atomic mass is 16.1. The molecule has 3 nitrogen and oxygen atoms in total. The third-order valence-corrected chi connectivity index (χ3v) is 4.14. The normalized spacial score (nSPS) is 18.3. The molecular formula is C16H25N2O+. The van der Waals surface area contributed by atoms with E-state index in [1.54, 1.807) is 0 Å². The predicted molar refractivity (Wildman–Crippen MR) is 76.9 cm³/mol. The highest BCUT2D eigenvalue weighted by molar-refractivity contribution is 5.77. The number of carbonyl (C=O) groups excluding carboxylic acids is 1. The molecule has 0 aliphatic heterocycles. The van der Waals surface area contributed by atoms with Gasteiger partial charge in [-0.3, -0.25) is 4.79 Å². The Labute approximate surface area is 115 Å². The highest BCUT2D eigenvalue weighted by Gasteiger charge is 2.38. The van der Waals surface area contributed by atoms with E-state index in [0.29, 0.717) is 12.0 Å². The van der Waals surface area contributed by atoms with E-state index in [1.165, 1.54) is 28.9 Å². The molecule has 1 aromatic rings. The van der Waals surface area contributed by atoms with Gasteiger partial charge in [0.1, 0.15) is 6.54 Å². The second-order valence-corrected chi connectivity index (χ2v) is 6.05. The van der Waals surface area contributed by atoms with Crippen LogP contribution in [0.4, 0.5) is 0 Å². The zero-order chi connectivity index (χ0) is 14.0. The average Bonchev–Trinajstić information content (AvgIpc) is 3.19. The molecule has 104 valence electrons. The summed E-state index contributed by atoms with van der Waals surface area (Å²) in [6, 6.07) is 9.28. The SMILES string of the molecule is CC(C)c1ccc(C[NH+](C2CC2)[C@H](C)C(N)=O)cc1. The van der Waals surface area contributed by atoms with Crippen molar-refractivity contribution in [2.75, 3.05) is 0 Å². The van der Waals surface area contributed by atoms with E-state index in [4.69, 9.17) is 5.73 Å². The fraction of sp³-hybridized carbons (Fsp3) is 0.562. The second kappa shape index (κ2) is 5.74. The summed E-state index contributed by atoms with van der Waals surface area (Å²) >= 11 is 0. The zero-order valence-electron chi connectivity index (χ0n) is 12.1. The van der Waals surface area contributed by atoms with Gasteiger partial charge in [-0.15, -0.1) is 0 Å². The Morgan fingerprint density at radius 1 is 1.26 bits per heavy atom. The minimum absolute atomic E-state index is 0.0997. The summed E-state index contributed by atoms with van der Waals surface area (Å²) in [5.41, 5.74) is 8.11. The van der Waals surface area contributed by atoms with Crippen LogP contribution >= 0.6 is 0 Å². The van der Waals surface area contributed by atoms with Gasteiger partial charge < -0.3 is 10.6 Å². The number of rotatable bonds is 6. The maximum atomic E-state index is 11.4. The highest BCUT2D eigenvalue weighted by Crippen LogP contribution is 2.17. The molecule has 2 rings (SSSR count). The van der Waals surface area contributed by atoms with Crippen molar-refractivity contribution in [1.29, 1.82) is 0 Å². The number of quaternary nitrogens is 1. The van der Waals surface area contributed by atoms with Gasteiger partial charge in [-0.2, -0.15) is 0 Å². The molecule has 1 fully saturated rings. The van der Waals surface area contributed by atoms with E-state index in [1.807, 2.05) is 6.92 Å². The van der Waals surface area contributed by atoms with Gasteiger partial charge in [-0.25, -0.2) is 0 Å². The summed E-state index contributed by atoms with van der Waals surface area (Å²) in [4.78, 5) is 12.7. The molecule has 0 heterocycles. The van der Waals surface area contributed by atoms with Crippen LogP contribution in [0.15, 0.2) is 24.3 Å². The van der Waals surface area contributed by atoms with E-state index in [9.17, 15) is 4.79 Å². The van der Waals surface area contributed by atoms with Gasteiger partial charge in [0, 0.05) is 18.4 Å². The number of nitrogens with two attached hydrogens (primary N) is 1. The van der Waals surface area contributed by atoms with Crippen LogP contribution in [0.3, 0.4) is 0 Å². The van der Waals surface area contributed by atoms with Gasteiger partial charge in [-0.1, -0.05) is 38.1 Å². The van der Waals surface area contributed by atoms with Crippen LogP contribution in [-0.4, -0.2) is 18.0 Å². The van der Waals surface area contributed by atoms with Gasteiger partial charge >= 0.3 is 0 Å². The molecule has 1 aliphatic rings. The Kier molecular flexibility index (Phi) is 4.25. The molecule has 1 unspecified atom stereocenters. The number of carbonyl (C=O) groups is 1. The summed E-state index contributed by atoms with van der Waals surface area (Å²) in [5.74, 6) is 0.367. The Morgan fingerprint density at radius 3 is 2.26 bits per heavy atom. The third-order valence-electron chi connectivity index (χ3n) is 4.14. The molecule has 1 saturated carbocycles. The largest absolute Gasteiger partial charge is 0.365 e. The van der Waals surface area contributed by atoms with E-state index in [2.05, 4.69) is 38.1 Å². The number of hydrogen-bond acceptors (Lipinski definition) is 1. The predicted octanol–water partition coefficient (Wildman–Crippen LogP) is 1.23. The first kappa shape index (κ1) is 14.1. The Bertz CT molecular complexity index is 435. The van der Waals surface area contributed by atoms with Crippen LogP contribution in [0, 0.1) is 0 Å². The summed E-state index contributed by atoms with van der Waals surface area (Å²) in [6.07, 6.45) is 2.44. The van der Waals surface area contributed by atoms with E-state index < -0.39 is 0 Å². The molecule has 1 aromatic carbocycles. The Hall–Kier alpha value is -1.35. The topological polar surface area (TPSA) is 47.5 Å². The number of primary amides is 1. The van der Waals surface area contributed by atoms with Gasteiger partial charge in [0.05, 0.1) is 6.04 Å². The molecule has 1 aliphatic carbocycles. The fourth-order valence-corrected chi connectivity index (χ4v) is 2.54. The molecule has 0 saturated heterocycles. The van der Waals surface area contributed by atoms with Crippen molar-refractivity contribution in [3.63, 3.8) is 0 Å². The lowest BCUT2D eigenvalue weighted by Crippen LogP contribution is -3.16. The average molecular weight is 261 g/mol. The molecule has 1 amide bonds. The van der Waals surface area contributed by atoms with Gasteiger partial charge in [0.2, 0.25) is 0 Å². The molecule has 19 heavy (non-hydrogen) atoms. The van der Waals surface area contributed by atoms with Crippen LogP contribution in [0.2, 0.25) is 0 Å². The van der Waals surface area contributed by atoms with Crippen LogP contribution in [0.5, 0.6) is 0 Å². The van der Waals surface area contributed by atoms with Crippen molar-refractivity contribution in [3.8, 4) is 0 Å². The maximum Gasteiger partial charge on any atom is 0.275 e. The first-order chi connectivity index (χ1) is 8.99. The number of amides is 1. The lowest BCUT2D eigenvalue weighted by atomic mass is 10.0. The molecule has 0 aromatic heterocycles. The Balaban J connectivity index is 2.06. The minimum atomic E-state index is -0.194. The van der Waals surface area contributed by atoms with Crippen molar-refractivity contribution in [2.45, 2.75) is 58.2 Å². The van der Waals surface area contributed by atoms with Gasteiger partial charge in [0.15, 0.2) is 6.04 Å².